The Kier molecular flexibility index (Phi) is 8.32. The van der Waals surface area contributed by atoms with Gasteiger partial charge in [0.1, 0.15) is 17.1 Å². The summed E-state index contributed by atoms with van der Waals surface area (Å²) >= 11 is 0. The van der Waals surface area contributed by atoms with E-state index >= 15 is 0 Å². The first-order valence-corrected chi connectivity index (χ1v) is 10.8. The van der Waals surface area contributed by atoms with Crippen LogP contribution in [0.15, 0.2) is 18.2 Å². The van der Waals surface area contributed by atoms with E-state index < -0.39 is 0 Å². The van der Waals surface area contributed by atoms with Gasteiger partial charge in [-0.15, -0.1) is 0 Å². The number of hydrogen-bond donors (Lipinski definition) is 1. The standard InChI is InChI=1S/C22H35N3O5/c1-4-17(26)14-24-12-13-30-18(16-24)15-23-8-10-25(11-9-23)22(27)21-19(28-2)6-5-7-20(21)29-3/h5-7,17-18,26H,4,8-16H2,1-3H3/t17-,18+/m0/s1. The Morgan fingerprint density at radius 2 is 1.80 bits per heavy atom. The third-order valence-corrected chi connectivity index (χ3v) is 5.93. The van der Waals surface area contributed by atoms with Crippen molar-refractivity contribution >= 4 is 5.91 Å². The third kappa shape index (κ3) is 5.63. The number of aliphatic hydroxyl groups is 1. The molecule has 8 nitrogen and oxygen atoms in total. The van der Waals surface area contributed by atoms with Crippen molar-refractivity contribution in [1.82, 2.24) is 14.7 Å². The predicted molar refractivity (Wildman–Crippen MR) is 114 cm³/mol. The molecule has 1 N–H and O–H groups in total. The van der Waals surface area contributed by atoms with Crippen LogP contribution in [0.3, 0.4) is 0 Å². The fourth-order valence-electron chi connectivity index (χ4n) is 4.13. The van der Waals surface area contributed by atoms with Crippen LogP contribution in [0.5, 0.6) is 11.5 Å². The summed E-state index contributed by atoms with van der Waals surface area (Å²) in [4.78, 5) is 19.6. The fraction of sp³-hybridized carbons (Fsp3) is 0.682. The fourth-order valence-corrected chi connectivity index (χ4v) is 4.13. The summed E-state index contributed by atoms with van der Waals surface area (Å²) in [6.45, 7) is 8.90. The molecule has 3 rings (SSSR count). The lowest BCUT2D eigenvalue weighted by Crippen LogP contribution is -2.54. The van der Waals surface area contributed by atoms with Crippen LogP contribution < -0.4 is 9.47 Å². The summed E-state index contributed by atoms with van der Waals surface area (Å²) in [5.41, 5.74) is 0.483. The van der Waals surface area contributed by atoms with Crippen LogP contribution in [0, 0.1) is 0 Å². The van der Waals surface area contributed by atoms with Gasteiger partial charge in [0.2, 0.25) is 0 Å². The average Bonchev–Trinajstić information content (AvgIpc) is 2.78. The molecule has 2 aliphatic rings. The number of nitrogens with zero attached hydrogens (tertiary/aromatic N) is 3. The first-order chi connectivity index (χ1) is 14.5. The van der Waals surface area contributed by atoms with Crippen LogP contribution in [-0.4, -0.2) is 111 Å². The number of methoxy groups -OCH3 is 2. The topological polar surface area (TPSA) is 74.7 Å². The molecule has 2 fully saturated rings. The van der Waals surface area contributed by atoms with Crippen LogP contribution >= 0.6 is 0 Å². The van der Waals surface area contributed by atoms with Crippen molar-refractivity contribution in [3.05, 3.63) is 23.8 Å². The number of aliphatic hydroxyl groups excluding tert-OH is 1. The van der Waals surface area contributed by atoms with Crippen molar-refractivity contribution in [2.45, 2.75) is 25.6 Å². The van der Waals surface area contributed by atoms with Gasteiger partial charge in [-0.3, -0.25) is 14.6 Å². The molecule has 0 radical (unpaired) electrons. The van der Waals surface area contributed by atoms with Gasteiger partial charge in [0, 0.05) is 52.4 Å². The van der Waals surface area contributed by atoms with Crippen LogP contribution in [0.1, 0.15) is 23.7 Å². The monoisotopic (exact) mass is 421 g/mol. The summed E-state index contributed by atoms with van der Waals surface area (Å²) in [5.74, 6) is 1.01. The van der Waals surface area contributed by atoms with Gasteiger partial charge >= 0.3 is 0 Å². The number of amides is 1. The number of morpholine rings is 1. The zero-order valence-corrected chi connectivity index (χ0v) is 18.4. The number of rotatable bonds is 8. The molecule has 0 aliphatic carbocycles. The predicted octanol–water partition coefficient (Wildman–Crippen LogP) is 0.933. The maximum absolute atomic E-state index is 13.1. The first-order valence-electron chi connectivity index (χ1n) is 10.8. The van der Waals surface area contributed by atoms with Gasteiger partial charge in [0.15, 0.2) is 0 Å². The van der Waals surface area contributed by atoms with E-state index in [4.69, 9.17) is 14.2 Å². The lowest BCUT2D eigenvalue weighted by molar-refractivity contribution is -0.0565. The van der Waals surface area contributed by atoms with Crippen LogP contribution in [0.2, 0.25) is 0 Å². The summed E-state index contributed by atoms with van der Waals surface area (Å²) in [7, 11) is 3.13. The van der Waals surface area contributed by atoms with Crippen molar-refractivity contribution in [2.24, 2.45) is 0 Å². The third-order valence-electron chi connectivity index (χ3n) is 5.93. The highest BCUT2D eigenvalue weighted by Gasteiger charge is 2.29. The molecule has 0 saturated carbocycles. The van der Waals surface area contributed by atoms with Gasteiger partial charge in [-0.2, -0.15) is 0 Å². The van der Waals surface area contributed by atoms with E-state index in [1.165, 1.54) is 0 Å². The summed E-state index contributed by atoms with van der Waals surface area (Å²) in [6, 6.07) is 5.39. The molecule has 8 heteroatoms. The Hall–Kier alpha value is -1.87. The van der Waals surface area contributed by atoms with Crippen LogP contribution in [0.25, 0.3) is 0 Å². The van der Waals surface area contributed by atoms with Gasteiger partial charge in [-0.05, 0) is 18.6 Å². The molecule has 1 amide bonds. The number of piperazine rings is 1. The second-order valence-electron chi connectivity index (χ2n) is 7.94. The first kappa shape index (κ1) is 22.8. The number of ether oxygens (including phenoxy) is 3. The van der Waals surface area contributed by atoms with E-state index in [0.717, 1.165) is 39.1 Å². The highest BCUT2D eigenvalue weighted by molar-refractivity contribution is 5.99. The summed E-state index contributed by atoms with van der Waals surface area (Å²) in [5, 5.41) is 9.92. The molecule has 30 heavy (non-hydrogen) atoms. The molecule has 0 spiro atoms. The van der Waals surface area contributed by atoms with Crippen molar-refractivity contribution < 1.29 is 24.1 Å². The quantitative estimate of drug-likeness (QED) is 0.669. The molecule has 168 valence electrons. The molecule has 2 saturated heterocycles. The molecule has 1 aromatic carbocycles. The molecule has 2 aliphatic heterocycles. The molecule has 0 aromatic heterocycles. The van der Waals surface area contributed by atoms with Gasteiger partial charge in [-0.25, -0.2) is 0 Å². The number of β-amino-alcohol motifs (C(OH)–C–C–N with tert-alkyl or cyclic N) is 1. The molecular formula is C22H35N3O5. The van der Waals surface area contributed by atoms with E-state index in [0.29, 0.717) is 43.3 Å². The van der Waals surface area contributed by atoms with Gasteiger partial charge < -0.3 is 24.2 Å². The largest absolute Gasteiger partial charge is 0.496 e. The average molecular weight is 422 g/mol. The van der Waals surface area contributed by atoms with Gasteiger partial charge in [0.05, 0.1) is 33.0 Å². The van der Waals surface area contributed by atoms with Gasteiger partial charge in [0.25, 0.3) is 5.91 Å². The van der Waals surface area contributed by atoms with E-state index in [2.05, 4.69) is 9.80 Å². The summed E-state index contributed by atoms with van der Waals surface area (Å²) in [6.07, 6.45) is 0.638. The molecule has 1 aromatic rings. The number of hydrogen-bond acceptors (Lipinski definition) is 7. The second kappa shape index (κ2) is 10.9. The number of carbonyl (C=O) groups is 1. The van der Waals surface area contributed by atoms with E-state index in [9.17, 15) is 9.90 Å². The second-order valence-corrected chi connectivity index (χ2v) is 7.94. The highest BCUT2D eigenvalue weighted by atomic mass is 16.5. The number of benzene rings is 1. The van der Waals surface area contributed by atoms with E-state index in [1.54, 1.807) is 26.4 Å². The van der Waals surface area contributed by atoms with Gasteiger partial charge in [-0.1, -0.05) is 13.0 Å². The SMILES string of the molecule is CC[C@H](O)CN1CCO[C@H](CN2CCN(C(=O)c3c(OC)cccc3OC)CC2)C1. The van der Waals surface area contributed by atoms with Crippen LogP contribution in [0.4, 0.5) is 0 Å². The zero-order chi connectivity index (χ0) is 21.5. The normalized spacial score (nSPS) is 22.0. The van der Waals surface area contributed by atoms with E-state index in [-0.39, 0.29) is 18.1 Å². The smallest absolute Gasteiger partial charge is 0.261 e. The van der Waals surface area contributed by atoms with Crippen molar-refractivity contribution in [3.63, 3.8) is 0 Å². The van der Waals surface area contributed by atoms with Crippen LogP contribution in [-0.2, 0) is 4.74 Å². The maximum Gasteiger partial charge on any atom is 0.261 e. The van der Waals surface area contributed by atoms with Crippen molar-refractivity contribution in [3.8, 4) is 11.5 Å². The highest BCUT2D eigenvalue weighted by Crippen LogP contribution is 2.29. The molecule has 2 atom stereocenters. The Morgan fingerprint density at radius 1 is 1.13 bits per heavy atom. The molecule has 0 bridgehead atoms. The zero-order valence-electron chi connectivity index (χ0n) is 18.4. The Labute approximate surface area is 179 Å². The van der Waals surface area contributed by atoms with E-state index in [1.807, 2.05) is 17.9 Å². The lowest BCUT2D eigenvalue weighted by atomic mass is 10.1. The minimum atomic E-state index is -0.273. The maximum atomic E-state index is 13.1. The van der Waals surface area contributed by atoms with Crippen molar-refractivity contribution in [1.29, 1.82) is 0 Å². The van der Waals surface area contributed by atoms with Crippen molar-refractivity contribution in [2.75, 3.05) is 73.2 Å². The Bertz CT molecular complexity index is 671. The Balaban J connectivity index is 1.52. The Morgan fingerprint density at radius 3 is 2.40 bits per heavy atom. The molecule has 0 unspecified atom stereocenters. The minimum Gasteiger partial charge on any atom is -0.496 e. The summed E-state index contributed by atoms with van der Waals surface area (Å²) < 4.78 is 16.7. The lowest BCUT2D eigenvalue weighted by Gasteiger charge is -2.39. The molecule has 2 heterocycles. The number of carbonyl (C=O) groups excluding carboxylic acids is 1. The molecular weight excluding hydrogens is 386 g/mol. The minimum absolute atomic E-state index is 0.0578.